The topological polar surface area (TPSA) is 112 Å². The molecule has 1 amide bonds. The maximum atomic E-state index is 12.3. The first-order valence-electron chi connectivity index (χ1n) is 7.54. The molecule has 0 unspecified atom stereocenters. The van der Waals surface area contributed by atoms with Crippen LogP contribution in [0.15, 0.2) is 30.6 Å². The minimum atomic E-state index is -0.937. The number of aromatic nitrogens is 3. The van der Waals surface area contributed by atoms with Crippen molar-refractivity contribution in [3.05, 3.63) is 40.7 Å². The normalized spacial score (nSPS) is 13.1. The number of nitrogens with one attached hydrogen (secondary N) is 1. The smallest absolute Gasteiger partial charge is 0.406 e. The molecule has 1 N–H and O–H groups in total. The number of rotatable bonds is 7. The minimum Gasteiger partial charge on any atom is -0.473 e. The van der Waals surface area contributed by atoms with Gasteiger partial charge in [0, 0.05) is 6.07 Å². The Labute approximate surface area is 138 Å². The summed E-state index contributed by atoms with van der Waals surface area (Å²) in [5.74, 6) is -0.369. The Morgan fingerprint density at radius 3 is 2.83 bits per heavy atom. The van der Waals surface area contributed by atoms with Gasteiger partial charge in [0.25, 0.3) is 5.91 Å². The molecule has 2 aromatic heterocycles. The molecule has 0 saturated heterocycles. The maximum Gasteiger partial charge on any atom is 0.406 e. The van der Waals surface area contributed by atoms with Gasteiger partial charge < -0.3 is 20.2 Å². The van der Waals surface area contributed by atoms with E-state index in [4.69, 9.17) is 4.74 Å². The highest BCUT2D eigenvalue weighted by Crippen LogP contribution is 2.24. The molecule has 0 aliphatic heterocycles. The summed E-state index contributed by atoms with van der Waals surface area (Å²) in [6.45, 7) is 5.52. The number of hydrogen-bond acceptors (Lipinski definition) is 6. The highest BCUT2D eigenvalue weighted by Gasteiger charge is 2.23. The van der Waals surface area contributed by atoms with E-state index in [1.54, 1.807) is 16.9 Å². The molecular weight excluding hydrogens is 314 g/mol. The molecule has 2 rings (SSSR count). The molecule has 0 spiro atoms. The number of ether oxygens (including phenoxy) is 1. The van der Waals surface area contributed by atoms with Crippen LogP contribution in [0.3, 0.4) is 0 Å². The lowest BCUT2D eigenvalue weighted by Gasteiger charge is -2.17. The lowest BCUT2D eigenvalue weighted by molar-refractivity contribution is -0.390. The summed E-state index contributed by atoms with van der Waals surface area (Å²) in [6, 6.07) is 4.72. The summed E-state index contributed by atoms with van der Waals surface area (Å²) >= 11 is 0. The Bertz CT molecular complexity index is 730. The molecule has 0 aliphatic rings. The quantitative estimate of drug-likeness (QED) is 0.615. The number of amides is 1. The molecule has 24 heavy (non-hydrogen) atoms. The molecule has 0 aliphatic carbocycles. The van der Waals surface area contributed by atoms with Gasteiger partial charge in [-0.25, -0.2) is 4.68 Å². The van der Waals surface area contributed by atoms with Gasteiger partial charge in [0.2, 0.25) is 5.75 Å². The van der Waals surface area contributed by atoms with Crippen molar-refractivity contribution in [2.75, 3.05) is 5.32 Å². The predicted octanol–water partition coefficient (Wildman–Crippen LogP) is 2.56. The van der Waals surface area contributed by atoms with Crippen LogP contribution in [-0.4, -0.2) is 31.7 Å². The number of anilines is 1. The summed E-state index contributed by atoms with van der Waals surface area (Å²) in [4.78, 5) is 26.2. The fourth-order valence-electron chi connectivity index (χ4n) is 2.02. The Hall–Kier alpha value is -2.97. The molecule has 2 aromatic rings. The van der Waals surface area contributed by atoms with E-state index in [9.17, 15) is 14.9 Å². The first-order valence-corrected chi connectivity index (χ1v) is 7.54. The van der Waals surface area contributed by atoms with Crippen molar-refractivity contribution in [2.45, 2.75) is 39.3 Å². The average Bonchev–Trinajstić information content (AvgIpc) is 3.02. The molecule has 128 valence electrons. The van der Waals surface area contributed by atoms with Gasteiger partial charge in [-0.05, 0) is 42.3 Å². The maximum absolute atomic E-state index is 12.3. The standard InChI is InChI=1S/C15H19N5O4/c1-4-10(2)19-13(7-9-17-19)18-15(21)11(3)24-12-6-5-8-16-14(12)20(22)23/h5-11H,4H2,1-3H3,(H,18,21)/t10-,11+/m1/s1. The second-order valence-electron chi connectivity index (χ2n) is 5.25. The highest BCUT2D eigenvalue weighted by molar-refractivity contribution is 5.93. The van der Waals surface area contributed by atoms with Crippen LogP contribution in [0.2, 0.25) is 0 Å². The lowest BCUT2D eigenvalue weighted by atomic mass is 10.3. The molecule has 0 radical (unpaired) electrons. The van der Waals surface area contributed by atoms with Crippen LogP contribution in [0, 0.1) is 10.1 Å². The Morgan fingerprint density at radius 1 is 1.42 bits per heavy atom. The van der Waals surface area contributed by atoms with Gasteiger partial charge in [-0.15, -0.1) is 0 Å². The number of nitro groups is 1. The highest BCUT2D eigenvalue weighted by atomic mass is 16.6. The predicted molar refractivity (Wildman–Crippen MR) is 86.8 cm³/mol. The van der Waals surface area contributed by atoms with Crippen molar-refractivity contribution >= 4 is 17.5 Å². The van der Waals surface area contributed by atoms with Gasteiger partial charge in [-0.3, -0.25) is 4.79 Å². The molecule has 0 aromatic carbocycles. The summed E-state index contributed by atoms with van der Waals surface area (Å²) in [7, 11) is 0. The summed E-state index contributed by atoms with van der Waals surface area (Å²) in [5, 5.41) is 17.8. The van der Waals surface area contributed by atoms with Gasteiger partial charge >= 0.3 is 5.82 Å². The van der Waals surface area contributed by atoms with Gasteiger partial charge in [-0.1, -0.05) is 6.92 Å². The Morgan fingerprint density at radius 2 is 2.17 bits per heavy atom. The number of nitrogens with zero attached hydrogens (tertiary/aromatic N) is 4. The first-order chi connectivity index (χ1) is 11.4. The summed E-state index contributed by atoms with van der Waals surface area (Å²) in [6.07, 6.45) is 2.81. The fourth-order valence-corrected chi connectivity index (χ4v) is 2.02. The van der Waals surface area contributed by atoms with Crippen molar-refractivity contribution in [1.82, 2.24) is 14.8 Å². The zero-order chi connectivity index (χ0) is 17.7. The van der Waals surface area contributed by atoms with Crippen LogP contribution < -0.4 is 10.1 Å². The van der Waals surface area contributed by atoms with E-state index in [2.05, 4.69) is 15.4 Å². The van der Waals surface area contributed by atoms with E-state index in [0.717, 1.165) is 6.42 Å². The van der Waals surface area contributed by atoms with Crippen LogP contribution >= 0.6 is 0 Å². The number of hydrogen-bond donors (Lipinski definition) is 1. The summed E-state index contributed by atoms with van der Waals surface area (Å²) < 4.78 is 7.10. The SMILES string of the molecule is CC[C@@H](C)n1nccc1NC(=O)[C@H](C)Oc1cccnc1[N+](=O)[O-]. The molecule has 0 bridgehead atoms. The Balaban J connectivity index is 2.09. The second-order valence-corrected chi connectivity index (χ2v) is 5.25. The van der Waals surface area contributed by atoms with E-state index >= 15 is 0 Å². The van der Waals surface area contributed by atoms with Gasteiger partial charge in [0.15, 0.2) is 6.10 Å². The number of carbonyl (C=O) groups is 1. The molecule has 9 nitrogen and oxygen atoms in total. The van der Waals surface area contributed by atoms with Crippen molar-refractivity contribution in [3.8, 4) is 5.75 Å². The van der Waals surface area contributed by atoms with Crippen molar-refractivity contribution in [2.24, 2.45) is 0 Å². The molecular formula is C15H19N5O4. The molecule has 0 saturated carbocycles. The fraction of sp³-hybridized carbons (Fsp3) is 0.400. The third kappa shape index (κ3) is 3.86. The van der Waals surface area contributed by atoms with Gasteiger partial charge in [0.05, 0.1) is 12.2 Å². The second kappa shape index (κ2) is 7.53. The van der Waals surface area contributed by atoms with Crippen LogP contribution in [0.25, 0.3) is 0 Å². The van der Waals surface area contributed by atoms with Crippen LogP contribution in [-0.2, 0) is 4.79 Å². The Kier molecular flexibility index (Phi) is 5.46. The third-order valence-electron chi connectivity index (χ3n) is 3.53. The van der Waals surface area contributed by atoms with E-state index in [1.165, 1.54) is 25.3 Å². The van der Waals surface area contributed by atoms with E-state index in [-0.39, 0.29) is 11.8 Å². The molecule has 9 heteroatoms. The zero-order valence-corrected chi connectivity index (χ0v) is 13.7. The van der Waals surface area contributed by atoms with E-state index < -0.39 is 22.8 Å². The molecule has 0 fully saturated rings. The van der Waals surface area contributed by atoms with Crippen molar-refractivity contribution < 1.29 is 14.5 Å². The van der Waals surface area contributed by atoms with E-state index in [1.807, 2.05) is 13.8 Å². The van der Waals surface area contributed by atoms with Crippen LogP contribution in [0.5, 0.6) is 5.75 Å². The first kappa shape index (κ1) is 17.4. The van der Waals surface area contributed by atoms with Gasteiger partial charge in [-0.2, -0.15) is 5.10 Å². The molecule has 2 heterocycles. The third-order valence-corrected chi connectivity index (χ3v) is 3.53. The number of pyridine rings is 1. The van der Waals surface area contributed by atoms with Crippen molar-refractivity contribution in [1.29, 1.82) is 0 Å². The lowest BCUT2D eigenvalue weighted by Crippen LogP contribution is -2.31. The monoisotopic (exact) mass is 333 g/mol. The van der Waals surface area contributed by atoms with Crippen LogP contribution in [0.1, 0.15) is 33.2 Å². The average molecular weight is 333 g/mol. The van der Waals surface area contributed by atoms with Gasteiger partial charge in [0.1, 0.15) is 12.0 Å². The largest absolute Gasteiger partial charge is 0.473 e. The molecule has 2 atom stereocenters. The van der Waals surface area contributed by atoms with Crippen molar-refractivity contribution in [3.63, 3.8) is 0 Å². The van der Waals surface area contributed by atoms with Crippen LogP contribution in [0.4, 0.5) is 11.6 Å². The minimum absolute atomic E-state index is 0.0550. The van der Waals surface area contributed by atoms with E-state index in [0.29, 0.717) is 5.82 Å². The number of carbonyl (C=O) groups excluding carboxylic acids is 1. The summed E-state index contributed by atoms with van der Waals surface area (Å²) in [5.41, 5.74) is 0. The zero-order valence-electron chi connectivity index (χ0n) is 13.7.